The maximum Gasteiger partial charge on any atom is 0.262 e. The summed E-state index contributed by atoms with van der Waals surface area (Å²) < 4.78 is 38.8. The molecule has 0 spiro atoms. The summed E-state index contributed by atoms with van der Waals surface area (Å²) in [4.78, 5) is 22.1. The second-order valence-electron chi connectivity index (χ2n) is 7.94. The molecule has 1 fully saturated rings. The Labute approximate surface area is 202 Å². The molecule has 1 amide bonds. The Morgan fingerprint density at radius 1 is 1.24 bits per heavy atom. The molecule has 34 heavy (non-hydrogen) atoms. The minimum atomic E-state index is -3.83. The Balaban J connectivity index is 1.54. The van der Waals surface area contributed by atoms with Crippen molar-refractivity contribution in [2.75, 3.05) is 30.4 Å². The number of aryl methyl sites for hydroxylation is 1. The minimum absolute atomic E-state index is 0.0728. The maximum absolute atomic E-state index is 12.8. The highest BCUT2D eigenvalue weighted by molar-refractivity contribution is 7.92. The van der Waals surface area contributed by atoms with E-state index < -0.39 is 10.0 Å². The Morgan fingerprint density at radius 3 is 2.68 bits per heavy atom. The van der Waals surface area contributed by atoms with E-state index in [4.69, 9.17) is 9.47 Å². The number of methoxy groups -OCH3 is 1. The third-order valence-electron chi connectivity index (χ3n) is 5.46. The number of thiazole rings is 1. The van der Waals surface area contributed by atoms with E-state index in [0.717, 1.165) is 17.7 Å². The molecule has 0 bridgehead atoms. The Bertz CT molecular complexity index is 1260. The first-order valence-electron chi connectivity index (χ1n) is 10.8. The van der Waals surface area contributed by atoms with Crippen LogP contribution in [0, 0.1) is 12.8 Å². The number of benzene rings is 1. The van der Waals surface area contributed by atoms with Gasteiger partial charge in [0.2, 0.25) is 11.8 Å². The number of carbonyl (C=O) groups excluding carboxylic acids is 1. The molecule has 9 nitrogen and oxygen atoms in total. The molecule has 3 heterocycles. The highest BCUT2D eigenvalue weighted by atomic mass is 32.2. The van der Waals surface area contributed by atoms with E-state index in [0.29, 0.717) is 41.9 Å². The summed E-state index contributed by atoms with van der Waals surface area (Å²) in [6.45, 7) is 3.22. The van der Waals surface area contributed by atoms with Gasteiger partial charge in [0.25, 0.3) is 10.0 Å². The second kappa shape index (κ2) is 10.5. The van der Waals surface area contributed by atoms with Gasteiger partial charge in [-0.3, -0.25) is 9.52 Å². The molecular weight excluding hydrogens is 476 g/mol. The zero-order valence-electron chi connectivity index (χ0n) is 18.9. The van der Waals surface area contributed by atoms with Gasteiger partial charge in [-0.1, -0.05) is 29.5 Å². The fourth-order valence-electron chi connectivity index (χ4n) is 3.72. The molecule has 2 N–H and O–H groups in total. The fourth-order valence-corrected chi connectivity index (χ4v) is 5.75. The number of anilines is 2. The van der Waals surface area contributed by atoms with Crippen LogP contribution in [0.25, 0.3) is 10.4 Å². The van der Waals surface area contributed by atoms with Gasteiger partial charge in [0.1, 0.15) is 5.69 Å². The number of nitrogens with zero attached hydrogens (tertiary/aromatic N) is 2. The molecule has 1 aromatic carbocycles. The zero-order chi connectivity index (χ0) is 24.1. The lowest BCUT2D eigenvalue weighted by atomic mass is 9.96. The lowest BCUT2D eigenvalue weighted by Gasteiger charge is -2.20. The molecule has 3 aromatic rings. The van der Waals surface area contributed by atoms with Crippen LogP contribution in [0.1, 0.15) is 25.0 Å². The van der Waals surface area contributed by atoms with Crippen molar-refractivity contribution in [3.8, 4) is 16.3 Å². The third kappa shape index (κ3) is 5.72. The van der Waals surface area contributed by atoms with Crippen LogP contribution in [-0.2, 0) is 19.6 Å². The number of rotatable bonds is 8. The molecule has 0 unspecified atom stereocenters. The van der Waals surface area contributed by atoms with Crippen LogP contribution >= 0.6 is 11.3 Å². The van der Waals surface area contributed by atoms with E-state index in [2.05, 4.69) is 20.0 Å². The molecule has 0 saturated carbocycles. The predicted molar refractivity (Wildman–Crippen MR) is 131 cm³/mol. The molecule has 0 aliphatic carbocycles. The summed E-state index contributed by atoms with van der Waals surface area (Å²) >= 11 is 1.31. The standard InChI is InChI=1S/C23H26N4O5S2/c1-15-21(33-23(25-15)26-20(28)12-16-8-10-32-11-9-16)17-13-19(22(31-2)24-14-17)27-34(29,30)18-6-4-3-5-7-18/h3-7,13-14,16,27H,8-12H2,1-2H3,(H,25,26,28). The van der Waals surface area contributed by atoms with Gasteiger partial charge in [-0.2, -0.15) is 0 Å². The predicted octanol–water partition coefficient (Wildman–Crippen LogP) is 4.08. The number of carbonyl (C=O) groups is 1. The van der Waals surface area contributed by atoms with Crippen LogP contribution in [0.2, 0.25) is 0 Å². The van der Waals surface area contributed by atoms with Crippen molar-refractivity contribution in [1.82, 2.24) is 9.97 Å². The number of nitrogens with one attached hydrogen (secondary N) is 2. The van der Waals surface area contributed by atoms with Gasteiger partial charge in [0.15, 0.2) is 5.13 Å². The van der Waals surface area contributed by atoms with E-state index in [1.165, 1.54) is 30.6 Å². The summed E-state index contributed by atoms with van der Waals surface area (Å²) in [6, 6.07) is 9.72. The largest absolute Gasteiger partial charge is 0.480 e. The lowest BCUT2D eigenvalue weighted by Crippen LogP contribution is -2.22. The SMILES string of the molecule is COc1ncc(-c2sc(NC(=O)CC3CCOCC3)nc2C)cc1NS(=O)(=O)c1ccccc1. The molecule has 1 aliphatic rings. The molecule has 4 rings (SSSR count). The summed E-state index contributed by atoms with van der Waals surface area (Å²) in [6.07, 6.45) is 3.80. The second-order valence-corrected chi connectivity index (χ2v) is 10.6. The smallest absolute Gasteiger partial charge is 0.262 e. The maximum atomic E-state index is 12.8. The van der Waals surface area contributed by atoms with Gasteiger partial charge in [-0.05, 0) is 43.9 Å². The van der Waals surface area contributed by atoms with Crippen molar-refractivity contribution >= 4 is 38.1 Å². The number of hydrogen-bond acceptors (Lipinski definition) is 8. The molecule has 0 atom stereocenters. The van der Waals surface area contributed by atoms with E-state index in [1.54, 1.807) is 30.5 Å². The Hall–Kier alpha value is -3.02. The van der Waals surface area contributed by atoms with Crippen molar-refractivity contribution in [2.45, 2.75) is 31.1 Å². The van der Waals surface area contributed by atoms with Crippen LogP contribution in [0.15, 0.2) is 47.5 Å². The Morgan fingerprint density at radius 2 is 1.97 bits per heavy atom. The monoisotopic (exact) mass is 502 g/mol. The number of amides is 1. The number of pyridine rings is 1. The van der Waals surface area contributed by atoms with Crippen LogP contribution in [0.5, 0.6) is 5.88 Å². The average Bonchev–Trinajstić information content (AvgIpc) is 3.19. The molecule has 2 aromatic heterocycles. The Kier molecular flexibility index (Phi) is 7.44. The van der Waals surface area contributed by atoms with Gasteiger partial charge < -0.3 is 14.8 Å². The molecular formula is C23H26N4O5S2. The molecule has 11 heteroatoms. The fraction of sp³-hybridized carbons (Fsp3) is 0.348. The average molecular weight is 503 g/mol. The first-order valence-corrected chi connectivity index (χ1v) is 13.1. The molecule has 1 saturated heterocycles. The number of ether oxygens (including phenoxy) is 2. The first-order chi connectivity index (χ1) is 16.4. The van der Waals surface area contributed by atoms with Gasteiger partial charge in [0.05, 0.1) is 22.6 Å². The summed E-state index contributed by atoms with van der Waals surface area (Å²) in [5.41, 5.74) is 1.57. The van der Waals surface area contributed by atoms with E-state index in [1.807, 2.05) is 6.92 Å². The topological polar surface area (TPSA) is 120 Å². The van der Waals surface area contributed by atoms with Gasteiger partial charge >= 0.3 is 0 Å². The van der Waals surface area contributed by atoms with E-state index >= 15 is 0 Å². The van der Waals surface area contributed by atoms with Crippen molar-refractivity contribution in [2.24, 2.45) is 5.92 Å². The summed E-state index contributed by atoms with van der Waals surface area (Å²) in [7, 11) is -2.41. The minimum Gasteiger partial charge on any atom is -0.480 e. The van der Waals surface area contributed by atoms with Crippen LogP contribution in [0.3, 0.4) is 0 Å². The zero-order valence-corrected chi connectivity index (χ0v) is 20.5. The normalized spacial score (nSPS) is 14.5. The highest BCUT2D eigenvalue weighted by Gasteiger charge is 2.21. The summed E-state index contributed by atoms with van der Waals surface area (Å²) in [5.74, 6) is 0.395. The molecule has 180 valence electrons. The lowest BCUT2D eigenvalue weighted by molar-refractivity contribution is -0.117. The van der Waals surface area contributed by atoms with Crippen molar-refractivity contribution < 1.29 is 22.7 Å². The van der Waals surface area contributed by atoms with Crippen molar-refractivity contribution in [1.29, 1.82) is 0 Å². The number of aromatic nitrogens is 2. The summed E-state index contributed by atoms with van der Waals surface area (Å²) in [5, 5.41) is 3.38. The molecule has 0 radical (unpaired) electrons. The van der Waals surface area contributed by atoms with E-state index in [-0.39, 0.29) is 22.4 Å². The van der Waals surface area contributed by atoms with Crippen LogP contribution in [0.4, 0.5) is 10.8 Å². The van der Waals surface area contributed by atoms with Crippen LogP contribution in [-0.4, -0.2) is 44.6 Å². The molecule has 1 aliphatic heterocycles. The highest BCUT2D eigenvalue weighted by Crippen LogP contribution is 2.36. The third-order valence-corrected chi connectivity index (χ3v) is 7.97. The van der Waals surface area contributed by atoms with Gasteiger partial charge in [0, 0.05) is 31.4 Å². The van der Waals surface area contributed by atoms with Gasteiger partial charge in [-0.15, -0.1) is 0 Å². The van der Waals surface area contributed by atoms with Crippen molar-refractivity contribution in [3.63, 3.8) is 0 Å². The number of hydrogen-bond donors (Lipinski definition) is 2. The first kappa shape index (κ1) is 24.1. The van der Waals surface area contributed by atoms with Gasteiger partial charge in [-0.25, -0.2) is 18.4 Å². The van der Waals surface area contributed by atoms with E-state index in [9.17, 15) is 13.2 Å². The quantitative estimate of drug-likeness (QED) is 0.476. The van der Waals surface area contributed by atoms with Crippen molar-refractivity contribution in [3.05, 3.63) is 48.3 Å². The van der Waals surface area contributed by atoms with Crippen LogP contribution < -0.4 is 14.8 Å². The number of sulfonamides is 1.